The van der Waals surface area contributed by atoms with E-state index in [0.717, 1.165) is 37.0 Å². The van der Waals surface area contributed by atoms with Crippen LogP contribution in [-0.2, 0) is 16.1 Å². The van der Waals surface area contributed by atoms with Crippen molar-refractivity contribution >= 4 is 0 Å². The summed E-state index contributed by atoms with van der Waals surface area (Å²) in [5.74, 6) is 0.216. The highest BCUT2D eigenvalue weighted by Crippen LogP contribution is 2.24. The highest BCUT2D eigenvalue weighted by molar-refractivity contribution is 5.55. The number of benzene rings is 2. The Bertz CT molecular complexity index is 1000. The summed E-state index contributed by atoms with van der Waals surface area (Å²) in [6.45, 7) is 1.34. The third-order valence-electron chi connectivity index (χ3n) is 4.88. The summed E-state index contributed by atoms with van der Waals surface area (Å²) in [5.41, 5.74) is 2.45. The van der Waals surface area contributed by atoms with Crippen LogP contribution >= 0.6 is 0 Å². The number of hydrogen-bond acceptors (Lipinski definition) is 6. The summed E-state index contributed by atoms with van der Waals surface area (Å²) in [7, 11) is 1.88. The Morgan fingerprint density at radius 3 is 2.50 bits per heavy atom. The van der Waals surface area contributed by atoms with Gasteiger partial charge in [0.2, 0.25) is 0 Å². The van der Waals surface area contributed by atoms with Gasteiger partial charge in [0.25, 0.3) is 0 Å². The zero-order chi connectivity index (χ0) is 22.6. The molecular formula is C22H23F3N4O3. The van der Waals surface area contributed by atoms with Gasteiger partial charge in [0.1, 0.15) is 12.1 Å². The topological polar surface area (TPSA) is 61.6 Å². The van der Waals surface area contributed by atoms with Gasteiger partial charge in [-0.2, -0.15) is 5.06 Å². The molecule has 0 amide bonds. The number of nitrogens with zero attached hydrogens (tertiary/aromatic N) is 4. The van der Waals surface area contributed by atoms with E-state index in [1.807, 2.05) is 31.3 Å². The van der Waals surface area contributed by atoms with Gasteiger partial charge in [-0.15, -0.1) is 18.3 Å². The molecule has 3 aromatic rings. The smallest absolute Gasteiger partial charge is 0.406 e. The molecule has 2 aromatic carbocycles. The number of alkyl halides is 3. The van der Waals surface area contributed by atoms with Crippen LogP contribution in [0.25, 0.3) is 17.1 Å². The lowest BCUT2D eigenvalue weighted by Gasteiger charge is -2.27. The molecule has 1 aromatic heterocycles. The molecule has 4 rings (SSSR count). The van der Waals surface area contributed by atoms with Crippen LogP contribution in [0.2, 0.25) is 0 Å². The summed E-state index contributed by atoms with van der Waals surface area (Å²) in [4.78, 5) is 10.1. The van der Waals surface area contributed by atoms with Crippen molar-refractivity contribution in [2.24, 2.45) is 0 Å². The minimum atomic E-state index is -4.72. The molecule has 1 saturated heterocycles. The van der Waals surface area contributed by atoms with E-state index in [1.165, 1.54) is 35.3 Å². The monoisotopic (exact) mass is 448 g/mol. The zero-order valence-electron chi connectivity index (χ0n) is 17.5. The van der Waals surface area contributed by atoms with Crippen LogP contribution < -0.4 is 4.74 Å². The Labute approximate surface area is 183 Å². The van der Waals surface area contributed by atoms with Crippen molar-refractivity contribution in [1.29, 1.82) is 0 Å². The van der Waals surface area contributed by atoms with Crippen LogP contribution in [-0.4, -0.2) is 46.1 Å². The van der Waals surface area contributed by atoms with Gasteiger partial charge in [0, 0.05) is 32.2 Å². The van der Waals surface area contributed by atoms with Crippen LogP contribution in [0.1, 0.15) is 24.8 Å². The molecule has 7 nitrogen and oxygen atoms in total. The maximum Gasteiger partial charge on any atom is 0.573 e. The van der Waals surface area contributed by atoms with E-state index in [1.54, 1.807) is 5.06 Å². The second-order valence-corrected chi connectivity index (χ2v) is 7.44. The highest BCUT2D eigenvalue weighted by Gasteiger charge is 2.31. The molecule has 0 saturated carbocycles. The van der Waals surface area contributed by atoms with Gasteiger partial charge in [0.15, 0.2) is 12.1 Å². The van der Waals surface area contributed by atoms with Crippen molar-refractivity contribution in [3.8, 4) is 22.8 Å². The molecule has 1 atom stereocenters. The molecule has 1 aliphatic heterocycles. The Morgan fingerprint density at radius 2 is 1.84 bits per heavy atom. The summed E-state index contributed by atoms with van der Waals surface area (Å²) in [6.07, 6.45) is -0.316. The largest absolute Gasteiger partial charge is 0.573 e. The van der Waals surface area contributed by atoms with Crippen molar-refractivity contribution in [2.75, 3.05) is 13.7 Å². The van der Waals surface area contributed by atoms with E-state index in [2.05, 4.69) is 14.8 Å². The standard InChI is InChI=1S/C22H23F3N4O3/c1-28(32-20-4-2-3-13-30-20)14-16-5-7-17(8-6-16)21-26-15-29(27-21)18-9-11-19(12-10-18)31-22(23,24)25/h5-12,15,20H,2-4,13-14H2,1H3. The lowest BCUT2D eigenvalue weighted by molar-refractivity contribution is -0.284. The van der Waals surface area contributed by atoms with Gasteiger partial charge in [-0.1, -0.05) is 24.3 Å². The second kappa shape index (κ2) is 9.68. The van der Waals surface area contributed by atoms with E-state index >= 15 is 0 Å². The third-order valence-corrected chi connectivity index (χ3v) is 4.88. The molecule has 1 aliphatic rings. The predicted octanol–water partition coefficient (Wildman–Crippen LogP) is 4.72. The van der Waals surface area contributed by atoms with Gasteiger partial charge in [-0.05, 0) is 42.7 Å². The highest BCUT2D eigenvalue weighted by atomic mass is 19.4. The van der Waals surface area contributed by atoms with E-state index in [0.29, 0.717) is 18.1 Å². The van der Waals surface area contributed by atoms with E-state index in [9.17, 15) is 13.2 Å². The molecule has 1 unspecified atom stereocenters. The summed E-state index contributed by atoms with van der Waals surface area (Å²) in [5, 5.41) is 6.18. The van der Waals surface area contributed by atoms with Crippen LogP contribution in [0.3, 0.4) is 0 Å². The first-order chi connectivity index (χ1) is 15.4. The van der Waals surface area contributed by atoms with Gasteiger partial charge < -0.3 is 9.47 Å². The van der Waals surface area contributed by atoms with E-state index in [-0.39, 0.29) is 12.0 Å². The van der Waals surface area contributed by atoms with Gasteiger partial charge in [-0.3, -0.25) is 4.84 Å². The first-order valence-electron chi connectivity index (χ1n) is 10.2. The number of ether oxygens (including phenoxy) is 2. The SMILES string of the molecule is CN(Cc1ccc(-c2ncn(-c3ccc(OC(F)(F)F)cc3)n2)cc1)OC1CCCCO1. The fraction of sp³-hybridized carbons (Fsp3) is 0.364. The Balaban J connectivity index is 1.36. The first-order valence-corrected chi connectivity index (χ1v) is 10.2. The van der Waals surface area contributed by atoms with Crippen molar-refractivity contribution in [1.82, 2.24) is 19.8 Å². The van der Waals surface area contributed by atoms with Crippen molar-refractivity contribution in [2.45, 2.75) is 38.5 Å². The van der Waals surface area contributed by atoms with Crippen molar-refractivity contribution in [3.63, 3.8) is 0 Å². The molecule has 0 spiro atoms. The normalized spacial score (nSPS) is 17.0. The molecule has 32 heavy (non-hydrogen) atoms. The Morgan fingerprint density at radius 1 is 1.09 bits per heavy atom. The van der Waals surface area contributed by atoms with E-state index in [4.69, 9.17) is 9.57 Å². The molecule has 2 heterocycles. The Kier molecular flexibility index (Phi) is 6.73. The minimum absolute atomic E-state index is 0.185. The fourth-order valence-electron chi connectivity index (χ4n) is 3.37. The molecule has 170 valence electrons. The number of halogens is 3. The number of hydrogen-bond donors (Lipinski definition) is 0. The van der Waals surface area contributed by atoms with Crippen molar-refractivity contribution in [3.05, 3.63) is 60.4 Å². The zero-order valence-corrected chi connectivity index (χ0v) is 17.5. The maximum atomic E-state index is 12.3. The predicted molar refractivity (Wildman–Crippen MR) is 110 cm³/mol. The molecule has 0 N–H and O–H groups in total. The first kappa shape index (κ1) is 22.3. The summed E-state index contributed by atoms with van der Waals surface area (Å²) >= 11 is 0. The van der Waals surface area contributed by atoms with Gasteiger partial charge in [0.05, 0.1) is 5.69 Å². The average Bonchev–Trinajstić information content (AvgIpc) is 3.24. The van der Waals surface area contributed by atoms with Crippen LogP contribution in [0.4, 0.5) is 13.2 Å². The molecule has 0 radical (unpaired) electrons. The Hall–Kier alpha value is -2.95. The van der Waals surface area contributed by atoms with Crippen LogP contribution in [0, 0.1) is 0 Å². The summed E-state index contributed by atoms with van der Waals surface area (Å²) < 4.78 is 47.9. The number of rotatable bonds is 7. The molecule has 0 bridgehead atoms. The summed E-state index contributed by atoms with van der Waals surface area (Å²) in [6, 6.07) is 13.2. The minimum Gasteiger partial charge on any atom is -0.406 e. The van der Waals surface area contributed by atoms with Gasteiger partial charge >= 0.3 is 6.36 Å². The van der Waals surface area contributed by atoms with Gasteiger partial charge in [-0.25, -0.2) is 9.67 Å². The molecule has 10 heteroatoms. The maximum absolute atomic E-state index is 12.3. The number of hydroxylamine groups is 2. The lowest BCUT2D eigenvalue weighted by Crippen LogP contribution is -2.30. The molecule has 1 fully saturated rings. The van der Waals surface area contributed by atoms with Crippen molar-refractivity contribution < 1.29 is 27.5 Å². The number of aromatic nitrogens is 3. The van der Waals surface area contributed by atoms with E-state index < -0.39 is 6.36 Å². The average molecular weight is 448 g/mol. The fourth-order valence-corrected chi connectivity index (χ4v) is 3.37. The molecular weight excluding hydrogens is 425 g/mol. The second-order valence-electron chi connectivity index (χ2n) is 7.44. The quantitative estimate of drug-likeness (QED) is 0.488. The molecule has 0 aliphatic carbocycles. The lowest BCUT2D eigenvalue weighted by atomic mass is 10.1. The van der Waals surface area contributed by atoms with Crippen LogP contribution in [0.5, 0.6) is 5.75 Å². The third kappa shape index (κ3) is 6.06. The van der Waals surface area contributed by atoms with Crippen LogP contribution in [0.15, 0.2) is 54.9 Å².